The molecule has 2 atom stereocenters. The van der Waals surface area contributed by atoms with Crippen molar-refractivity contribution in [3.8, 4) is 0 Å². The number of benzene rings is 1. The van der Waals surface area contributed by atoms with Gasteiger partial charge in [0.1, 0.15) is 6.10 Å². The fourth-order valence-corrected chi connectivity index (χ4v) is 3.17. The summed E-state index contributed by atoms with van der Waals surface area (Å²) in [5.41, 5.74) is 0.686. The number of aliphatic carboxylic acids is 1. The van der Waals surface area contributed by atoms with Gasteiger partial charge in [0.05, 0.1) is 0 Å². The van der Waals surface area contributed by atoms with Crippen LogP contribution in [0.2, 0.25) is 0 Å². The highest BCUT2D eigenvalue weighted by molar-refractivity contribution is 8.00. The molecule has 1 heterocycles. The molecule has 0 unspecified atom stereocenters. The number of amides is 1. The fourth-order valence-electron chi connectivity index (χ4n) is 2.19. The number of ether oxygens (including phenoxy) is 1. The fraction of sp³-hybridized carbons (Fsp3) is 0.500. The molecule has 1 aliphatic rings. The van der Waals surface area contributed by atoms with Gasteiger partial charge < -0.3 is 15.2 Å². The molecule has 2 N–H and O–H groups in total. The first-order chi connectivity index (χ1) is 10.2. The van der Waals surface area contributed by atoms with Crippen LogP contribution < -0.4 is 5.32 Å². The molecule has 0 aromatic heterocycles. The number of carboxylic acid groups (broad SMARTS) is 1. The third-order valence-corrected chi connectivity index (χ3v) is 4.25. The minimum Gasteiger partial charge on any atom is -0.479 e. The van der Waals surface area contributed by atoms with E-state index in [0.717, 1.165) is 4.90 Å². The summed E-state index contributed by atoms with van der Waals surface area (Å²) in [5, 5.41) is 11.6. The van der Waals surface area contributed by atoms with Crippen molar-refractivity contribution in [1.82, 2.24) is 0 Å². The molecular formula is C16H21NO4S. The van der Waals surface area contributed by atoms with E-state index in [1.165, 1.54) is 0 Å². The van der Waals surface area contributed by atoms with Crippen LogP contribution >= 0.6 is 11.8 Å². The Morgan fingerprint density at radius 3 is 2.27 bits per heavy atom. The van der Waals surface area contributed by atoms with Crippen molar-refractivity contribution in [2.24, 2.45) is 0 Å². The van der Waals surface area contributed by atoms with Gasteiger partial charge in [-0.05, 0) is 37.1 Å². The third kappa shape index (κ3) is 4.74. The van der Waals surface area contributed by atoms with Crippen molar-refractivity contribution >= 4 is 29.3 Å². The molecule has 22 heavy (non-hydrogen) atoms. The van der Waals surface area contributed by atoms with Crippen LogP contribution in [0.25, 0.3) is 0 Å². The average molecular weight is 323 g/mol. The van der Waals surface area contributed by atoms with Gasteiger partial charge in [-0.15, -0.1) is 11.8 Å². The Morgan fingerprint density at radius 1 is 1.18 bits per heavy atom. The van der Waals surface area contributed by atoms with E-state index in [0.29, 0.717) is 18.5 Å². The highest BCUT2D eigenvalue weighted by Crippen LogP contribution is 2.32. The van der Waals surface area contributed by atoms with Gasteiger partial charge in [0.2, 0.25) is 0 Å². The normalized spacial score (nSPS) is 21.6. The zero-order valence-electron chi connectivity index (χ0n) is 13.0. The van der Waals surface area contributed by atoms with E-state index in [2.05, 4.69) is 26.1 Å². The first kappa shape index (κ1) is 16.8. The summed E-state index contributed by atoms with van der Waals surface area (Å²) >= 11 is 1.75. The lowest BCUT2D eigenvalue weighted by Crippen LogP contribution is -2.29. The van der Waals surface area contributed by atoms with Gasteiger partial charge >= 0.3 is 5.97 Å². The average Bonchev–Trinajstić information content (AvgIpc) is 2.89. The van der Waals surface area contributed by atoms with Crippen molar-refractivity contribution in [3.63, 3.8) is 0 Å². The highest BCUT2D eigenvalue weighted by atomic mass is 32.2. The highest BCUT2D eigenvalue weighted by Gasteiger charge is 2.34. The molecular weight excluding hydrogens is 302 g/mol. The lowest BCUT2D eigenvalue weighted by atomic mass is 10.2. The van der Waals surface area contributed by atoms with Crippen LogP contribution in [-0.4, -0.2) is 33.9 Å². The van der Waals surface area contributed by atoms with Crippen LogP contribution in [0.3, 0.4) is 0 Å². The van der Waals surface area contributed by atoms with E-state index < -0.39 is 18.2 Å². The number of carboxylic acids is 1. The lowest BCUT2D eigenvalue weighted by Gasteiger charge is -2.18. The van der Waals surface area contributed by atoms with E-state index in [-0.39, 0.29) is 10.7 Å². The van der Waals surface area contributed by atoms with Gasteiger partial charge in [-0.1, -0.05) is 20.8 Å². The summed E-state index contributed by atoms with van der Waals surface area (Å²) in [6.07, 6.45) is -0.763. The molecule has 1 aromatic carbocycles. The molecule has 1 saturated heterocycles. The second-order valence-electron chi connectivity index (χ2n) is 6.26. The van der Waals surface area contributed by atoms with Crippen LogP contribution in [0, 0.1) is 0 Å². The van der Waals surface area contributed by atoms with E-state index in [1.807, 2.05) is 24.3 Å². The van der Waals surface area contributed by atoms with Crippen LogP contribution in [-0.2, 0) is 14.3 Å². The summed E-state index contributed by atoms with van der Waals surface area (Å²) in [4.78, 5) is 24.0. The number of carbonyl (C=O) groups is 2. The maximum atomic E-state index is 12.1. The Bertz CT molecular complexity index is 550. The first-order valence-electron chi connectivity index (χ1n) is 7.23. The summed E-state index contributed by atoms with van der Waals surface area (Å²) in [6, 6.07) is 7.60. The van der Waals surface area contributed by atoms with E-state index in [4.69, 9.17) is 9.84 Å². The summed E-state index contributed by atoms with van der Waals surface area (Å²) in [7, 11) is 0. The quantitative estimate of drug-likeness (QED) is 0.833. The number of rotatable bonds is 4. The molecule has 0 spiro atoms. The molecule has 1 amide bonds. The number of hydrogen-bond donors (Lipinski definition) is 2. The molecule has 0 radical (unpaired) electrons. The second-order valence-corrected chi connectivity index (χ2v) is 8.16. The minimum atomic E-state index is -1.01. The van der Waals surface area contributed by atoms with Gasteiger partial charge in [0.25, 0.3) is 5.91 Å². The van der Waals surface area contributed by atoms with E-state index in [9.17, 15) is 9.59 Å². The van der Waals surface area contributed by atoms with Gasteiger partial charge in [-0.2, -0.15) is 0 Å². The Labute approximate surface area is 134 Å². The van der Waals surface area contributed by atoms with Crippen molar-refractivity contribution < 1.29 is 19.4 Å². The lowest BCUT2D eigenvalue weighted by molar-refractivity contribution is -0.150. The molecule has 0 aliphatic carbocycles. The van der Waals surface area contributed by atoms with Gasteiger partial charge in [0, 0.05) is 15.3 Å². The Kier molecular flexibility index (Phi) is 5.13. The van der Waals surface area contributed by atoms with Crippen LogP contribution in [0.1, 0.15) is 33.6 Å². The maximum absolute atomic E-state index is 12.1. The zero-order valence-corrected chi connectivity index (χ0v) is 13.8. The molecule has 1 aliphatic heterocycles. The molecule has 0 bridgehead atoms. The van der Waals surface area contributed by atoms with Crippen molar-refractivity contribution in [1.29, 1.82) is 0 Å². The number of nitrogens with one attached hydrogen (secondary N) is 1. The zero-order chi connectivity index (χ0) is 16.3. The topological polar surface area (TPSA) is 75.6 Å². The third-order valence-electron chi connectivity index (χ3n) is 3.13. The van der Waals surface area contributed by atoms with E-state index in [1.54, 1.807) is 11.8 Å². The van der Waals surface area contributed by atoms with Crippen molar-refractivity contribution in [3.05, 3.63) is 24.3 Å². The second kappa shape index (κ2) is 6.71. The Morgan fingerprint density at radius 2 is 1.77 bits per heavy atom. The Hall–Kier alpha value is -1.53. The molecule has 1 fully saturated rings. The van der Waals surface area contributed by atoms with Crippen LogP contribution in [0.15, 0.2) is 29.2 Å². The number of thioether (sulfide) groups is 1. The number of carbonyl (C=O) groups excluding carboxylic acids is 1. The predicted molar refractivity (Wildman–Crippen MR) is 86.2 cm³/mol. The largest absolute Gasteiger partial charge is 0.479 e. The molecule has 5 nitrogen and oxygen atoms in total. The summed E-state index contributed by atoms with van der Waals surface area (Å²) in [5.74, 6) is -1.31. The van der Waals surface area contributed by atoms with Crippen molar-refractivity contribution in [2.75, 3.05) is 5.32 Å². The molecule has 0 saturated carbocycles. The monoisotopic (exact) mass is 323 g/mol. The number of anilines is 1. The van der Waals surface area contributed by atoms with Gasteiger partial charge in [0.15, 0.2) is 6.10 Å². The standard InChI is InChI=1S/C16H21NO4S/c1-16(2,3)22-11-6-4-10(5-7-11)17-14(18)12-8-9-13(21-12)15(19)20/h4-7,12-13H,8-9H2,1-3H3,(H,17,18)(H,19,20)/t12-,13+/m0/s1. The Balaban J connectivity index is 1.91. The predicted octanol–water partition coefficient (Wildman–Crippen LogP) is 3.15. The molecule has 2 rings (SSSR count). The SMILES string of the molecule is CC(C)(C)Sc1ccc(NC(=O)[C@@H]2CC[C@H](C(=O)O)O2)cc1. The van der Waals surface area contributed by atoms with Gasteiger partial charge in [-0.25, -0.2) is 4.79 Å². The molecule has 120 valence electrons. The smallest absolute Gasteiger partial charge is 0.332 e. The van der Waals surface area contributed by atoms with Crippen LogP contribution in [0.4, 0.5) is 5.69 Å². The molecule has 1 aromatic rings. The van der Waals surface area contributed by atoms with Gasteiger partial charge in [-0.3, -0.25) is 4.79 Å². The number of hydrogen-bond acceptors (Lipinski definition) is 4. The summed E-state index contributed by atoms with van der Waals surface area (Å²) < 4.78 is 5.36. The minimum absolute atomic E-state index is 0.133. The first-order valence-corrected chi connectivity index (χ1v) is 8.04. The van der Waals surface area contributed by atoms with Crippen LogP contribution in [0.5, 0.6) is 0 Å². The molecule has 6 heteroatoms. The maximum Gasteiger partial charge on any atom is 0.332 e. The van der Waals surface area contributed by atoms with Crippen molar-refractivity contribution in [2.45, 2.75) is 55.5 Å². The van der Waals surface area contributed by atoms with E-state index >= 15 is 0 Å². The summed E-state index contributed by atoms with van der Waals surface area (Å²) in [6.45, 7) is 6.43.